The van der Waals surface area contributed by atoms with Crippen LogP contribution in [0.2, 0.25) is 0 Å². The number of aryl methyl sites for hydroxylation is 1. The molecule has 1 heterocycles. The molecule has 0 aliphatic heterocycles. The van der Waals surface area contributed by atoms with Crippen molar-refractivity contribution < 1.29 is 9.53 Å². The molecule has 0 aliphatic carbocycles. The lowest BCUT2D eigenvalue weighted by Crippen LogP contribution is -2.42. The van der Waals surface area contributed by atoms with Gasteiger partial charge in [0.25, 0.3) is 0 Å². The fourth-order valence-electron chi connectivity index (χ4n) is 3.03. The first-order valence-electron chi connectivity index (χ1n) is 9.36. The van der Waals surface area contributed by atoms with Crippen molar-refractivity contribution >= 4 is 5.91 Å². The van der Waals surface area contributed by atoms with Crippen LogP contribution in [0.4, 0.5) is 0 Å². The number of amides is 1. The van der Waals surface area contributed by atoms with E-state index in [1.54, 1.807) is 24.3 Å². The molecular formula is C22H23N3O4. The van der Waals surface area contributed by atoms with Gasteiger partial charge in [-0.15, -0.1) is 0 Å². The smallest absolute Gasteiger partial charge is 0.321 e. The third kappa shape index (κ3) is 5.01. The zero-order valence-electron chi connectivity index (χ0n) is 16.2. The van der Waals surface area contributed by atoms with Crippen LogP contribution >= 0.6 is 0 Å². The number of nitrogens with one attached hydrogen (secondary N) is 1. The van der Waals surface area contributed by atoms with Crippen molar-refractivity contribution in [2.45, 2.75) is 19.4 Å². The Kier molecular flexibility index (Phi) is 6.63. The molecule has 1 N–H and O–H groups in total. The number of para-hydroxylation sites is 2. The maximum Gasteiger partial charge on any atom is 0.321 e. The van der Waals surface area contributed by atoms with E-state index in [4.69, 9.17) is 4.74 Å². The van der Waals surface area contributed by atoms with Crippen molar-refractivity contribution in [3.05, 3.63) is 93.3 Å². The van der Waals surface area contributed by atoms with Crippen molar-refractivity contribution in [3.63, 3.8) is 0 Å². The van der Waals surface area contributed by atoms with Gasteiger partial charge in [0.05, 0.1) is 12.8 Å². The second kappa shape index (κ2) is 9.54. The minimum Gasteiger partial charge on any atom is -0.495 e. The Hall–Kier alpha value is -3.61. The quantitative estimate of drug-likeness (QED) is 0.467. The third-order valence-corrected chi connectivity index (χ3v) is 4.52. The van der Waals surface area contributed by atoms with E-state index >= 15 is 0 Å². The van der Waals surface area contributed by atoms with Crippen molar-refractivity contribution in [3.8, 4) is 11.4 Å². The molecule has 1 amide bonds. The van der Waals surface area contributed by atoms with Gasteiger partial charge in [-0.2, -0.15) is 0 Å². The second-order valence-corrected chi connectivity index (χ2v) is 6.52. The van der Waals surface area contributed by atoms with Gasteiger partial charge in [0.15, 0.2) is 0 Å². The molecule has 7 heteroatoms. The van der Waals surface area contributed by atoms with Crippen molar-refractivity contribution in [2.75, 3.05) is 13.7 Å². The Balaban J connectivity index is 1.63. The van der Waals surface area contributed by atoms with Crippen LogP contribution in [0.1, 0.15) is 12.0 Å². The summed E-state index contributed by atoms with van der Waals surface area (Å²) in [5.74, 6) is 0.164. The molecule has 0 saturated carbocycles. The third-order valence-electron chi connectivity index (χ3n) is 4.52. The first kappa shape index (κ1) is 20.1. The number of ether oxygens (including phenoxy) is 1. The van der Waals surface area contributed by atoms with Crippen LogP contribution in [-0.4, -0.2) is 28.7 Å². The van der Waals surface area contributed by atoms with Crippen molar-refractivity contribution in [1.29, 1.82) is 0 Å². The number of hydrogen-bond acceptors (Lipinski definition) is 4. The van der Waals surface area contributed by atoms with Crippen LogP contribution in [0.15, 0.2) is 76.6 Å². The van der Waals surface area contributed by atoms with E-state index in [0.29, 0.717) is 18.0 Å². The molecule has 0 atom stereocenters. The highest BCUT2D eigenvalue weighted by molar-refractivity contribution is 5.75. The van der Waals surface area contributed by atoms with Crippen LogP contribution in [0, 0.1) is 0 Å². The number of aromatic nitrogens is 2. The summed E-state index contributed by atoms with van der Waals surface area (Å²) in [6.07, 6.45) is 4.54. The zero-order chi connectivity index (χ0) is 20.6. The molecule has 0 fully saturated rings. The lowest BCUT2D eigenvalue weighted by molar-refractivity contribution is -0.121. The Labute approximate surface area is 168 Å². The van der Waals surface area contributed by atoms with Gasteiger partial charge in [-0.1, -0.05) is 42.5 Å². The summed E-state index contributed by atoms with van der Waals surface area (Å²) in [5, 5.41) is 2.79. The Morgan fingerprint density at radius 3 is 2.45 bits per heavy atom. The molecule has 2 aromatic carbocycles. The molecular weight excluding hydrogens is 370 g/mol. The summed E-state index contributed by atoms with van der Waals surface area (Å²) in [5.41, 5.74) is 0.166. The largest absolute Gasteiger partial charge is 0.495 e. The average Bonchev–Trinajstić information content (AvgIpc) is 2.75. The van der Waals surface area contributed by atoms with Crippen molar-refractivity contribution in [2.24, 2.45) is 0 Å². The summed E-state index contributed by atoms with van der Waals surface area (Å²) < 4.78 is 7.57. The fourth-order valence-corrected chi connectivity index (χ4v) is 3.03. The van der Waals surface area contributed by atoms with E-state index in [2.05, 4.69) is 5.32 Å². The van der Waals surface area contributed by atoms with Gasteiger partial charge < -0.3 is 10.1 Å². The molecule has 1 aromatic heterocycles. The molecule has 0 unspecified atom stereocenters. The number of hydrogen-bond donors (Lipinski definition) is 1. The van der Waals surface area contributed by atoms with E-state index in [-0.39, 0.29) is 12.5 Å². The summed E-state index contributed by atoms with van der Waals surface area (Å²) in [6.45, 7) is 0.299. The molecule has 0 spiro atoms. The van der Waals surface area contributed by atoms with Crippen LogP contribution in [0.3, 0.4) is 0 Å². The fraction of sp³-hybridized carbons (Fsp3) is 0.227. The summed E-state index contributed by atoms with van der Waals surface area (Å²) in [7, 11) is 1.49. The first-order valence-corrected chi connectivity index (χ1v) is 9.36. The molecule has 0 bridgehead atoms. The van der Waals surface area contributed by atoms with Crippen molar-refractivity contribution in [1.82, 2.24) is 14.5 Å². The maximum atomic E-state index is 12.5. The molecule has 3 aromatic rings. The van der Waals surface area contributed by atoms with Crippen LogP contribution < -0.4 is 21.2 Å². The molecule has 3 rings (SSSR count). The van der Waals surface area contributed by atoms with E-state index in [0.717, 1.165) is 17.4 Å². The minimum atomic E-state index is -0.766. The summed E-state index contributed by atoms with van der Waals surface area (Å²) in [6, 6.07) is 16.9. The van der Waals surface area contributed by atoms with E-state index < -0.39 is 11.1 Å². The van der Waals surface area contributed by atoms with Gasteiger partial charge in [0, 0.05) is 18.9 Å². The SMILES string of the molecule is COc1ccccc1-n1ccn(CC(=O)NCCCc2ccccc2)c(=O)c1=O. The van der Waals surface area contributed by atoms with Crippen LogP contribution in [0.25, 0.3) is 5.69 Å². The zero-order valence-corrected chi connectivity index (χ0v) is 16.2. The van der Waals surface area contributed by atoms with Gasteiger partial charge >= 0.3 is 11.1 Å². The Morgan fingerprint density at radius 2 is 1.69 bits per heavy atom. The van der Waals surface area contributed by atoms with Gasteiger partial charge in [-0.3, -0.25) is 23.5 Å². The van der Waals surface area contributed by atoms with E-state index in [9.17, 15) is 14.4 Å². The summed E-state index contributed by atoms with van der Waals surface area (Å²) in [4.78, 5) is 37.1. The first-order chi connectivity index (χ1) is 14.1. The highest BCUT2D eigenvalue weighted by Gasteiger charge is 2.12. The second-order valence-electron chi connectivity index (χ2n) is 6.52. The van der Waals surface area contributed by atoms with Gasteiger partial charge in [0.2, 0.25) is 5.91 Å². The van der Waals surface area contributed by atoms with Gasteiger partial charge in [-0.05, 0) is 30.5 Å². The predicted molar refractivity (Wildman–Crippen MR) is 111 cm³/mol. The van der Waals surface area contributed by atoms with Gasteiger partial charge in [-0.25, -0.2) is 0 Å². The van der Waals surface area contributed by atoms with E-state index in [1.165, 1.54) is 29.6 Å². The topological polar surface area (TPSA) is 82.3 Å². The molecule has 29 heavy (non-hydrogen) atoms. The Bertz CT molecular complexity index is 1090. The van der Waals surface area contributed by atoms with Crippen LogP contribution in [-0.2, 0) is 17.8 Å². The standard InChI is InChI=1S/C22H23N3O4/c1-29-19-12-6-5-11-18(19)25-15-14-24(21(27)22(25)28)16-20(26)23-13-7-10-17-8-3-2-4-9-17/h2-6,8-9,11-12,14-15H,7,10,13,16H2,1H3,(H,23,26). The highest BCUT2D eigenvalue weighted by atomic mass is 16.5. The Morgan fingerprint density at radius 1 is 0.966 bits per heavy atom. The lowest BCUT2D eigenvalue weighted by atomic mass is 10.1. The molecule has 7 nitrogen and oxygen atoms in total. The van der Waals surface area contributed by atoms with Crippen LogP contribution in [0.5, 0.6) is 5.75 Å². The summed E-state index contributed by atoms with van der Waals surface area (Å²) >= 11 is 0. The van der Waals surface area contributed by atoms with Gasteiger partial charge in [0.1, 0.15) is 12.3 Å². The molecule has 0 aliphatic rings. The molecule has 0 radical (unpaired) electrons. The lowest BCUT2D eigenvalue weighted by Gasteiger charge is -2.12. The number of carbonyl (C=O) groups excluding carboxylic acids is 1. The number of carbonyl (C=O) groups is 1. The predicted octanol–water partition coefficient (Wildman–Crippen LogP) is 1.76. The average molecular weight is 393 g/mol. The molecule has 150 valence electrons. The number of rotatable bonds is 8. The minimum absolute atomic E-state index is 0.202. The normalized spacial score (nSPS) is 10.5. The number of nitrogens with zero attached hydrogens (tertiary/aromatic N) is 2. The number of benzene rings is 2. The maximum absolute atomic E-state index is 12.5. The molecule has 0 saturated heterocycles. The van der Waals surface area contributed by atoms with E-state index in [1.807, 2.05) is 30.3 Å². The number of methoxy groups -OCH3 is 1. The monoisotopic (exact) mass is 393 g/mol. The highest BCUT2D eigenvalue weighted by Crippen LogP contribution is 2.19.